The van der Waals surface area contributed by atoms with Gasteiger partial charge in [0, 0.05) is 11.1 Å². The number of ether oxygens (including phenoxy) is 1. The van der Waals surface area contributed by atoms with Gasteiger partial charge < -0.3 is 14.9 Å². The molecule has 22 heavy (non-hydrogen) atoms. The fourth-order valence-electron chi connectivity index (χ4n) is 2.25. The molecule has 0 heterocycles. The Morgan fingerprint density at radius 1 is 1.09 bits per heavy atom. The van der Waals surface area contributed by atoms with Crippen molar-refractivity contribution >= 4 is 0 Å². The number of alkyl halides is 7. The Bertz CT molecular complexity index is 571. The Morgan fingerprint density at radius 2 is 1.64 bits per heavy atom. The number of aliphatic hydroxyl groups is 2. The monoisotopic (exact) mass is 334 g/mol. The van der Waals surface area contributed by atoms with Crippen LogP contribution in [0.15, 0.2) is 12.1 Å². The number of hydrogen-bond donors (Lipinski definition) is 2. The van der Waals surface area contributed by atoms with Crippen LogP contribution in [0.2, 0.25) is 0 Å². The van der Waals surface area contributed by atoms with Crippen molar-refractivity contribution in [3.8, 4) is 5.75 Å². The van der Waals surface area contributed by atoms with Gasteiger partial charge in [0.1, 0.15) is 24.6 Å². The Labute approximate surface area is 118 Å². The zero-order valence-corrected chi connectivity index (χ0v) is 10.5. The van der Waals surface area contributed by atoms with Gasteiger partial charge in [0.15, 0.2) is 0 Å². The quantitative estimate of drug-likeness (QED) is 0.836. The molecular weight excluding hydrogens is 325 g/mol. The predicted molar refractivity (Wildman–Crippen MR) is 57.8 cm³/mol. The second kappa shape index (κ2) is 5.27. The molecule has 2 atom stereocenters. The summed E-state index contributed by atoms with van der Waals surface area (Å²) >= 11 is 0. The molecule has 1 aromatic carbocycles. The summed E-state index contributed by atoms with van der Waals surface area (Å²) in [6, 6.07) is 0.887. The highest BCUT2D eigenvalue weighted by molar-refractivity contribution is 5.53. The SMILES string of the molecule is O[C@@H]1c2c(C(F)(F)F)ccc(OCC(F)F)c2[C@H](O)C1(F)F. The van der Waals surface area contributed by atoms with Gasteiger partial charge in [-0.25, -0.2) is 17.6 Å². The van der Waals surface area contributed by atoms with Crippen molar-refractivity contribution in [3.05, 3.63) is 28.8 Å². The second-order valence-electron chi connectivity index (χ2n) is 4.62. The van der Waals surface area contributed by atoms with Crippen LogP contribution >= 0.6 is 0 Å². The minimum atomic E-state index is -5.08. The van der Waals surface area contributed by atoms with Gasteiger partial charge >= 0.3 is 12.1 Å². The first-order valence-electron chi connectivity index (χ1n) is 5.86. The van der Waals surface area contributed by atoms with E-state index in [1.165, 1.54) is 0 Å². The topological polar surface area (TPSA) is 49.7 Å². The van der Waals surface area contributed by atoms with Crippen LogP contribution in [0, 0.1) is 0 Å². The van der Waals surface area contributed by atoms with E-state index in [2.05, 4.69) is 4.74 Å². The van der Waals surface area contributed by atoms with E-state index in [1.807, 2.05) is 0 Å². The number of fused-ring (bicyclic) bond motifs is 1. The van der Waals surface area contributed by atoms with E-state index in [0.29, 0.717) is 12.1 Å². The molecular formula is C12H9F7O3. The van der Waals surface area contributed by atoms with Crippen LogP contribution in [-0.2, 0) is 6.18 Å². The number of hydrogen-bond acceptors (Lipinski definition) is 3. The van der Waals surface area contributed by atoms with Crippen molar-refractivity contribution in [2.24, 2.45) is 0 Å². The summed E-state index contributed by atoms with van der Waals surface area (Å²) in [6.45, 7) is -1.26. The Balaban J connectivity index is 2.61. The lowest BCUT2D eigenvalue weighted by Gasteiger charge is -2.18. The molecule has 2 rings (SSSR count). The minimum absolute atomic E-state index is 0.330. The van der Waals surface area contributed by atoms with Gasteiger partial charge in [0.2, 0.25) is 0 Å². The summed E-state index contributed by atoms with van der Waals surface area (Å²) in [6.07, 6.45) is -13.8. The molecule has 0 spiro atoms. The molecule has 124 valence electrons. The van der Waals surface area contributed by atoms with E-state index in [0.717, 1.165) is 0 Å². The first-order valence-corrected chi connectivity index (χ1v) is 5.86. The lowest BCUT2D eigenvalue weighted by Crippen LogP contribution is -2.27. The lowest BCUT2D eigenvalue weighted by atomic mass is 10.00. The van der Waals surface area contributed by atoms with Gasteiger partial charge in [-0.3, -0.25) is 0 Å². The highest BCUT2D eigenvalue weighted by Crippen LogP contribution is 2.56. The molecule has 0 aromatic heterocycles. The molecule has 1 aliphatic rings. The maximum absolute atomic E-state index is 13.6. The van der Waals surface area contributed by atoms with Gasteiger partial charge in [-0.05, 0) is 12.1 Å². The minimum Gasteiger partial charge on any atom is -0.487 e. The highest BCUT2D eigenvalue weighted by atomic mass is 19.4. The molecule has 0 fully saturated rings. The predicted octanol–water partition coefficient (Wildman–Crippen LogP) is 3.07. The first-order chi connectivity index (χ1) is 9.98. The van der Waals surface area contributed by atoms with Gasteiger partial charge in [-0.15, -0.1) is 0 Å². The summed E-state index contributed by atoms with van der Waals surface area (Å²) in [4.78, 5) is 0. The van der Waals surface area contributed by atoms with Gasteiger partial charge in [0.25, 0.3) is 6.43 Å². The molecule has 1 aromatic rings. The molecule has 0 unspecified atom stereocenters. The third-order valence-corrected chi connectivity index (χ3v) is 3.19. The van der Waals surface area contributed by atoms with Crippen LogP contribution in [0.5, 0.6) is 5.75 Å². The summed E-state index contributed by atoms with van der Waals surface area (Å²) in [5.41, 5.74) is -3.89. The average molecular weight is 334 g/mol. The number of benzene rings is 1. The Kier molecular flexibility index (Phi) is 4.03. The first kappa shape index (κ1) is 16.8. The fourth-order valence-corrected chi connectivity index (χ4v) is 2.25. The zero-order valence-electron chi connectivity index (χ0n) is 10.5. The lowest BCUT2D eigenvalue weighted by molar-refractivity contribution is -0.169. The smallest absolute Gasteiger partial charge is 0.416 e. The van der Waals surface area contributed by atoms with E-state index in [4.69, 9.17) is 0 Å². The van der Waals surface area contributed by atoms with Crippen molar-refractivity contribution in [3.63, 3.8) is 0 Å². The van der Waals surface area contributed by atoms with Crippen molar-refractivity contribution in [1.29, 1.82) is 0 Å². The van der Waals surface area contributed by atoms with Gasteiger partial charge in [0.05, 0.1) is 5.56 Å². The van der Waals surface area contributed by atoms with Gasteiger partial charge in [-0.2, -0.15) is 13.2 Å². The van der Waals surface area contributed by atoms with Crippen LogP contribution in [-0.4, -0.2) is 29.2 Å². The number of aliphatic hydroxyl groups excluding tert-OH is 2. The second-order valence-corrected chi connectivity index (χ2v) is 4.62. The van der Waals surface area contributed by atoms with E-state index in [-0.39, 0.29) is 0 Å². The molecule has 3 nitrogen and oxygen atoms in total. The summed E-state index contributed by atoms with van der Waals surface area (Å²) in [5.74, 6) is -5.06. The van der Waals surface area contributed by atoms with Crippen LogP contribution in [0.3, 0.4) is 0 Å². The fraction of sp³-hybridized carbons (Fsp3) is 0.500. The summed E-state index contributed by atoms with van der Waals surface area (Å²) in [7, 11) is 0. The third kappa shape index (κ3) is 2.60. The molecule has 0 saturated heterocycles. The highest BCUT2D eigenvalue weighted by Gasteiger charge is 2.58. The molecule has 0 aliphatic heterocycles. The maximum atomic E-state index is 13.6. The van der Waals surface area contributed by atoms with Crippen LogP contribution in [0.25, 0.3) is 0 Å². The maximum Gasteiger partial charge on any atom is 0.416 e. The number of rotatable bonds is 3. The van der Waals surface area contributed by atoms with Crippen molar-refractivity contribution in [2.45, 2.75) is 30.7 Å². The molecule has 10 heteroatoms. The summed E-state index contributed by atoms with van der Waals surface area (Å²) < 4.78 is 94.4. The van der Waals surface area contributed by atoms with Crippen LogP contribution in [0.1, 0.15) is 28.9 Å². The van der Waals surface area contributed by atoms with E-state index >= 15 is 0 Å². The van der Waals surface area contributed by atoms with Gasteiger partial charge in [-0.1, -0.05) is 0 Å². The standard InChI is InChI=1S/C12H9F7O3/c13-6(14)3-22-5-2-1-4(12(17,18)19)7-8(5)10(21)11(15,16)9(7)20/h1-2,6,9-10,20-21H,3H2/t9-,10+/m1/s1. The van der Waals surface area contributed by atoms with Crippen molar-refractivity contribution in [2.75, 3.05) is 6.61 Å². The van der Waals surface area contributed by atoms with E-state index < -0.39 is 59.8 Å². The van der Waals surface area contributed by atoms with E-state index in [9.17, 15) is 40.9 Å². The molecule has 0 bridgehead atoms. The third-order valence-electron chi connectivity index (χ3n) is 3.19. The summed E-state index contributed by atoms with van der Waals surface area (Å²) in [5, 5.41) is 18.9. The van der Waals surface area contributed by atoms with Crippen LogP contribution < -0.4 is 4.74 Å². The largest absolute Gasteiger partial charge is 0.487 e. The number of halogens is 7. The van der Waals surface area contributed by atoms with Crippen molar-refractivity contribution < 1.29 is 45.7 Å². The van der Waals surface area contributed by atoms with Crippen molar-refractivity contribution in [1.82, 2.24) is 0 Å². The van der Waals surface area contributed by atoms with Crippen LogP contribution in [0.4, 0.5) is 30.7 Å². The molecule has 0 saturated carbocycles. The normalized spacial score (nSPS) is 23.7. The Morgan fingerprint density at radius 3 is 2.14 bits per heavy atom. The Hall–Kier alpha value is -1.55. The molecule has 0 amide bonds. The zero-order chi connectivity index (χ0) is 16.9. The average Bonchev–Trinajstić information content (AvgIpc) is 2.57. The van der Waals surface area contributed by atoms with E-state index in [1.54, 1.807) is 0 Å². The molecule has 0 radical (unpaired) electrons. The molecule has 1 aliphatic carbocycles. The molecule has 2 N–H and O–H groups in total.